The molecule has 112 valence electrons. The molecule has 0 saturated heterocycles. The number of hydrogen-bond donors (Lipinski definition) is 2. The molecule has 0 radical (unpaired) electrons. The second-order valence-corrected chi connectivity index (χ2v) is 6.28. The number of carbonyl (C=O) groups excluding carboxylic acids is 1. The largest absolute Gasteiger partial charge is 0.870 e. The minimum atomic E-state index is -1.09. The second-order valence-electron chi connectivity index (χ2n) is 4.03. The van der Waals surface area contributed by atoms with Gasteiger partial charge >= 0.3 is 133 Å². The van der Waals surface area contributed by atoms with Crippen LogP contribution in [-0.4, -0.2) is 48.8 Å². The summed E-state index contributed by atoms with van der Waals surface area (Å²) in [7, 11) is 1.62. The van der Waals surface area contributed by atoms with Gasteiger partial charge in [0.15, 0.2) is 0 Å². The standard InChI is InChI=1S/C13H16NO5.Hg.H2O/c1-9(18-2)7-14-13(17)10-5-3-4-6-11(10)19-8-12(15)16;;/h3-6,9H,1,7-8H2,2H3,(H,14,17)(H,15,16);;1H2/q;+1;/p-1. The molecule has 0 spiro atoms. The van der Waals surface area contributed by atoms with Crippen LogP contribution in [0.4, 0.5) is 0 Å². The summed E-state index contributed by atoms with van der Waals surface area (Å²) in [5.74, 6) is -1.12. The molecule has 1 amide bonds. The van der Waals surface area contributed by atoms with Crippen LogP contribution >= 0.6 is 0 Å². The fourth-order valence-electron chi connectivity index (χ4n) is 1.52. The Kier molecular flexibility index (Phi) is 9.93. The van der Waals surface area contributed by atoms with Gasteiger partial charge in [-0.15, -0.1) is 0 Å². The number of rotatable bonds is 8. The molecular weight excluding hydrogens is 467 g/mol. The summed E-state index contributed by atoms with van der Waals surface area (Å²) in [4.78, 5) is 22.6. The third-order valence-corrected chi connectivity index (χ3v) is 5.13. The molecule has 0 aliphatic heterocycles. The molecule has 1 atom stereocenters. The Morgan fingerprint density at radius 2 is 2.05 bits per heavy atom. The van der Waals surface area contributed by atoms with Crippen LogP contribution in [-0.2, 0) is 35.7 Å². The summed E-state index contributed by atoms with van der Waals surface area (Å²) < 4.78 is 11.3. The SMILES string of the molecule is COC([CH2][Hg+])CNC(=O)c1ccccc1OCC(=O)O.[OH-]. The predicted molar refractivity (Wildman–Crippen MR) is 69.4 cm³/mol. The molecule has 1 aromatic rings. The van der Waals surface area contributed by atoms with Crippen LogP contribution in [0.3, 0.4) is 0 Å². The van der Waals surface area contributed by atoms with Gasteiger partial charge in [-0.1, -0.05) is 0 Å². The maximum absolute atomic E-state index is 12.1. The molecule has 0 fully saturated rings. The zero-order valence-electron chi connectivity index (χ0n) is 11.7. The molecule has 1 unspecified atom stereocenters. The fraction of sp³-hybridized carbons (Fsp3) is 0.385. The molecule has 1 rings (SSSR count). The van der Waals surface area contributed by atoms with Crippen LogP contribution in [0.5, 0.6) is 5.75 Å². The van der Waals surface area contributed by atoms with Crippen molar-refractivity contribution >= 4 is 11.9 Å². The van der Waals surface area contributed by atoms with E-state index >= 15 is 0 Å². The van der Waals surface area contributed by atoms with E-state index < -0.39 is 12.6 Å². The van der Waals surface area contributed by atoms with Crippen molar-refractivity contribution in [3.63, 3.8) is 0 Å². The number of amides is 1. The zero-order chi connectivity index (χ0) is 15.0. The smallest absolute Gasteiger partial charge is 0.870 e. The number of carbonyl (C=O) groups is 2. The normalized spacial score (nSPS) is 11.2. The summed E-state index contributed by atoms with van der Waals surface area (Å²) in [5.41, 5.74) is 0.321. The van der Waals surface area contributed by atoms with E-state index in [4.69, 9.17) is 14.6 Å². The van der Waals surface area contributed by atoms with Crippen molar-refractivity contribution in [1.82, 2.24) is 5.32 Å². The van der Waals surface area contributed by atoms with E-state index in [1.54, 1.807) is 31.4 Å². The van der Waals surface area contributed by atoms with Crippen LogP contribution in [0.1, 0.15) is 10.4 Å². The van der Waals surface area contributed by atoms with Gasteiger partial charge in [0.2, 0.25) is 0 Å². The summed E-state index contributed by atoms with van der Waals surface area (Å²) in [6, 6.07) is 6.55. The molecule has 0 aliphatic carbocycles. The third kappa shape index (κ3) is 6.88. The molecule has 0 saturated carbocycles. The van der Waals surface area contributed by atoms with Gasteiger partial charge in [-0.05, 0) is 0 Å². The second kappa shape index (κ2) is 10.5. The monoisotopic (exact) mass is 485 g/mol. The molecule has 0 aliphatic rings. The zero-order valence-corrected chi connectivity index (χ0v) is 17.2. The minimum absolute atomic E-state index is 0. The Morgan fingerprint density at radius 1 is 1.38 bits per heavy atom. The van der Waals surface area contributed by atoms with Crippen molar-refractivity contribution in [2.24, 2.45) is 0 Å². The van der Waals surface area contributed by atoms with Gasteiger partial charge in [-0.2, -0.15) is 0 Å². The van der Waals surface area contributed by atoms with E-state index in [1.807, 2.05) is 0 Å². The molecule has 1 aromatic carbocycles. The molecule has 0 heterocycles. The first-order valence-corrected chi connectivity index (χ1v) is 10.0. The van der Waals surface area contributed by atoms with E-state index in [9.17, 15) is 9.59 Å². The van der Waals surface area contributed by atoms with E-state index in [2.05, 4.69) is 5.32 Å². The number of carboxylic acid groups (broad SMARTS) is 1. The summed E-state index contributed by atoms with van der Waals surface area (Å²) in [5, 5.41) is 11.4. The number of carboxylic acids is 1. The van der Waals surface area contributed by atoms with Gasteiger partial charge in [-0.25, -0.2) is 0 Å². The van der Waals surface area contributed by atoms with E-state index in [0.29, 0.717) is 38.2 Å². The van der Waals surface area contributed by atoms with E-state index in [0.717, 1.165) is 3.93 Å². The van der Waals surface area contributed by atoms with Crippen LogP contribution in [0.15, 0.2) is 24.3 Å². The first-order chi connectivity index (χ1) is 9.58. The van der Waals surface area contributed by atoms with Crippen LogP contribution in [0.25, 0.3) is 0 Å². The summed E-state index contributed by atoms with van der Waals surface area (Å²) in [6.45, 7) is -0.0418. The van der Waals surface area contributed by atoms with Crippen molar-refractivity contribution < 1.29 is 55.8 Å². The Morgan fingerprint density at radius 3 is 2.62 bits per heavy atom. The predicted octanol–water partition coefficient (Wildman–Crippen LogP) is 0.683. The first kappa shape index (κ1) is 19.8. The van der Waals surface area contributed by atoms with Crippen molar-refractivity contribution in [2.75, 3.05) is 20.3 Å². The summed E-state index contributed by atoms with van der Waals surface area (Å²) in [6.07, 6.45) is 0.0365. The topological polar surface area (TPSA) is 115 Å². The van der Waals surface area contributed by atoms with Gasteiger partial charge < -0.3 is 5.48 Å². The van der Waals surface area contributed by atoms with Gasteiger partial charge in [-0.3, -0.25) is 0 Å². The maximum Gasteiger partial charge on any atom is -0.870 e. The Hall–Kier alpha value is -1.18. The minimum Gasteiger partial charge on any atom is -0.870 e. The quantitative estimate of drug-likeness (QED) is 0.526. The fourth-order valence-corrected chi connectivity index (χ4v) is 3.23. The van der Waals surface area contributed by atoms with Gasteiger partial charge in [0.05, 0.1) is 0 Å². The van der Waals surface area contributed by atoms with Crippen LogP contribution in [0.2, 0.25) is 3.93 Å². The Bertz CT molecular complexity index is 464. The van der Waals surface area contributed by atoms with Crippen LogP contribution in [0, 0.1) is 0 Å². The van der Waals surface area contributed by atoms with Gasteiger partial charge in [0.25, 0.3) is 0 Å². The van der Waals surface area contributed by atoms with Crippen molar-refractivity contribution in [1.29, 1.82) is 0 Å². The molecule has 0 bridgehead atoms. The number of benzene rings is 1. The third-order valence-electron chi connectivity index (χ3n) is 2.63. The molecular formula is C13H17HgNO6. The van der Waals surface area contributed by atoms with Crippen molar-refractivity contribution in [3.05, 3.63) is 29.8 Å². The number of aliphatic carboxylic acids is 1. The number of nitrogens with one attached hydrogen (secondary N) is 1. The van der Waals surface area contributed by atoms with Crippen molar-refractivity contribution in [2.45, 2.75) is 10.0 Å². The number of ether oxygens (including phenoxy) is 2. The number of methoxy groups -OCH3 is 1. The molecule has 7 nitrogen and oxygen atoms in total. The van der Waals surface area contributed by atoms with Crippen LogP contribution < -0.4 is 10.1 Å². The molecule has 8 heteroatoms. The average molecular weight is 484 g/mol. The van der Waals surface area contributed by atoms with E-state index in [-0.39, 0.29) is 23.2 Å². The molecule has 21 heavy (non-hydrogen) atoms. The molecule has 0 aromatic heterocycles. The maximum atomic E-state index is 12.1. The van der Waals surface area contributed by atoms with Gasteiger partial charge in [0, 0.05) is 0 Å². The first-order valence-electron chi connectivity index (χ1n) is 6.12. The number of para-hydroxylation sites is 1. The molecule has 3 N–H and O–H groups in total. The van der Waals surface area contributed by atoms with Crippen molar-refractivity contribution in [3.8, 4) is 5.75 Å². The average Bonchev–Trinajstić information content (AvgIpc) is 2.46. The Labute approximate surface area is 138 Å². The Balaban J connectivity index is 0.00000400. The van der Waals surface area contributed by atoms with E-state index in [1.165, 1.54) is 0 Å². The number of hydrogen-bond acceptors (Lipinski definition) is 5. The summed E-state index contributed by atoms with van der Waals surface area (Å²) >= 11 is 0.605. The van der Waals surface area contributed by atoms with Gasteiger partial charge in [0.1, 0.15) is 0 Å².